The van der Waals surface area contributed by atoms with Gasteiger partial charge in [0.05, 0.1) is 5.69 Å². The molecule has 0 radical (unpaired) electrons. The van der Waals surface area contributed by atoms with Crippen LogP contribution in [0.5, 0.6) is 0 Å². The zero-order valence-electron chi connectivity index (χ0n) is 10.4. The fourth-order valence-corrected chi connectivity index (χ4v) is 1.71. The standard InChI is InChI=1S/C14H14N2O2/c1-10-4-3-5-12(8-10)13(17)9-16-14(18)7-6-11(2)15-16/h3-8H,9H2,1-2H3. The van der Waals surface area contributed by atoms with Gasteiger partial charge < -0.3 is 0 Å². The largest absolute Gasteiger partial charge is 0.292 e. The highest BCUT2D eigenvalue weighted by molar-refractivity contribution is 5.95. The van der Waals surface area contributed by atoms with Crippen molar-refractivity contribution in [3.05, 3.63) is 63.6 Å². The third-order valence-electron chi connectivity index (χ3n) is 2.63. The topological polar surface area (TPSA) is 52.0 Å². The van der Waals surface area contributed by atoms with Crippen molar-refractivity contribution in [1.82, 2.24) is 9.78 Å². The van der Waals surface area contributed by atoms with Crippen molar-refractivity contribution in [3.63, 3.8) is 0 Å². The predicted molar refractivity (Wildman–Crippen MR) is 68.7 cm³/mol. The van der Waals surface area contributed by atoms with Gasteiger partial charge in [-0.1, -0.05) is 23.8 Å². The average molecular weight is 242 g/mol. The molecule has 0 saturated heterocycles. The maximum Gasteiger partial charge on any atom is 0.267 e. The van der Waals surface area contributed by atoms with E-state index in [1.165, 1.54) is 10.7 Å². The Balaban J connectivity index is 2.27. The fraction of sp³-hybridized carbons (Fsp3) is 0.214. The van der Waals surface area contributed by atoms with E-state index in [9.17, 15) is 9.59 Å². The number of aryl methyl sites for hydroxylation is 2. The van der Waals surface area contributed by atoms with Crippen molar-refractivity contribution in [2.45, 2.75) is 20.4 Å². The van der Waals surface area contributed by atoms with E-state index in [1.54, 1.807) is 19.1 Å². The number of carbonyl (C=O) groups excluding carboxylic acids is 1. The second-order valence-electron chi connectivity index (χ2n) is 4.26. The molecule has 0 bridgehead atoms. The summed E-state index contributed by atoms with van der Waals surface area (Å²) in [4.78, 5) is 23.6. The van der Waals surface area contributed by atoms with Gasteiger partial charge in [0.1, 0.15) is 6.54 Å². The summed E-state index contributed by atoms with van der Waals surface area (Å²) in [6, 6.07) is 10.4. The van der Waals surface area contributed by atoms with Gasteiger partial charge >= 0.3 is 0 Å². The Hall–Kier alpha value is -2.23. The van der Waals surface area contributed by atoms with E-state index in [1.807, 2.05) is 25.1 Å². The van der Waals surface area contributed by atoms with Gasteiger partial charge in [0, 0.05) is 11.6 Å². The summed E-state index contributed by atoms with van der Waals surface area (Å²) >= 11 is 0. The number of rotatable bonds is 3. The minimum Gasteiger partial charge on any atom is -0.292 e. The van der Waals surface area contributed by atoms with Crippen LogP contribution < -0.4 is 5.56 Å². The highest BCUT2D eigenvalue weighted by Gasteiger charge is 2.08. The van der Waals surface area contributed by atoms with Crippen molar-refractivity contribution < 1.29 is 4.79 Å². The molecule has 0 unspecified atom stereocenters. The molecular formula is C14H14N2O2. The van der Waals surface area contributed by atoms with E-state index in [-0.39, 0.29) is 17.9 Å². The number of carbonyl (C=O) groups is 1. The molecule has 1 heterocycles. The van der Waals surface area contributed by atoms with E-state index in [0.29, 0.717) is 11.3 Å². The van der Waals surface area contributed by atoms with Gasteiger partial charge in [0.2, 0.25) is 0 Å². The Morgan fingerprint density at radius 1 is 1.22 bits per heavy atom. The van der Waals surface area contributed by atoms with Gasteiger partial charge in [-0.3, -0.25) is 9.59 Å². The molecule has 0 spiro atoms. The van der Waals surface area contributed by atoms with Crippen LogP contribution in [-0.4, -0.2) is 15.6 Å². The Morgan fingerprint density at radius 3 is 2.72 bits per heavy atom. The summed E-state index contributed by atoms with van der Waals surface area (Å²) in [5.41, 5.74) is 2.07. The Kier molecular flexibility index (Phi) is 3.37. The monoisotopic (exact) mass is 242 g/mol. The third kappa shape index (κ3) is 2.71. The molecule has 0 aliphatic heterocycles. The first kappa shape index (κ1) is 12.2. The number of hydrogen-bond donors (Lipinski definition) is 0. The molecule has 92 valence electrons. The van der Waals surface area contributed by atoms with Gasteiger partial charge in [-0.05, 0) is 26.0 Å². The molecule has 0 N–H and O–H groups in total. The minimum atomic E-state index is -0.262. The van der Waals surface area contributed by atoms with Crippen molar-refractivity contribution in [2.75, 3.05) is 0 Å². The van der Waals surface area contributed by atoms with Crippen LogP contribution in [0.2, 0.25) is 0 Å². The summed E-state index contributed by atoms with van der Waals surface area (Å²) in [6.07, 6.45) is 0. The van der Waals surface area contributed by atoms with Crippen molar-refractivity contribution in [1.29, 1.82) is 0 Å². The molecule has 1 aromatic heterocycles. The molecule has 0 aliphatic carbocycles. The highest BCUT2D eigenvalue weighted by atomic mass is 16.1. The van der Waals surface area contributed by atoms with E-state index in [2.05, 4.69) is 5.10 Å². The van der Waals surface area contributed by atoms with Crippen molar-refractivity contribution in [2.24, 2.45) is 0 Å². The molecule has 18 heavy (non-hydrogen) atoms. The molecule has 4 nitrogen and oxygen atoms in total. The minimum absolute atomic E-state index is 0.0238. The van der Waals surface area contributed by atoms with Crippen molar-refractivity contribution in [3.8, 4) is 0 Å². The third-order valence-corrected chi connectivity index (χ3v) is 2.63. The second-order valence-corrected chi connectivity index (χ2v) is 4.26. The normalized spacial score (nSPS) is 10.3. The summed E-state index contributed by atoms with van der Waals surface area (Å²) in [7, 11) is 0. The summed E-state index contributed by atoms with van der Waals surface area (Å²) < 4.78 is 1.19. The molecule has 0 amide bonds. The highest BCUT2D eigenvalue weighted by Crippen LogP contribution is 2.05. The first-order valence-corrected chi connectivity index (χ1v) is 5.71. The van der Waals surface area contributed by atoms with Gasteiger partial charge in [0.25, 0.3) is 5.56 Å². The molecule has 0 saturated carbocycles. The van der Waals surface area contributed by atoms with Crippen molar-refractivity contribution >= 4 is 5.78 Å². The Labute approximate surface area is 105 Å². The van der Waals surface area contributed by atoms with Gasteiger partial charge in [-0.15, -0.1) is 0 Å². The Morgan fingerprint density at radius 2 is 2.00 bits per heavy atom. The molecule has 0 atom stereocenters. The van der Waals surface area contributed by atoms with E-state index in [0.717, 1.165) is 5.56 Å². The zero-order valence-corrected chi connectivity index (χ0v) is 10.4. The molecule has 0 aliphatic rings. The Bertz CT molecular complexity index is 644. The first-order valence-electron chi connectivity index (χ1n) is 5.71. The lowest BCUT2D eigenvalue weighted by Gasteiger charge is -2.05. The zero-order chi connectivity index (χ0) is 13.1. The second kappa shape index (κ2) is 4.96. The summed E-state index contributed by atoms with van der Waals surface area (Å²) in [6.45, 7) is 3.69. The quantitative estimate of drug-likeness (QED) is 0.770. The summed E-state index contributed by atoms with van der Waals surface area (Å²) in [5.74, 6) is -0.112. The molecule has 2 rings (SSSR count). The molecule has 2 aromatic rings. The molecule has 4 heteroatoms. The van der Waals surface area contributed by atoms with Crippen LogP contribution in [0.4, 0.5) is 0 Å². The number of Topliss-reactive ketones (excluding diaryl/α,β-unsaturated/α-hetero) is 1. The van der Waals surface area contributed by atoms with Crippen LogP contribution in [0.25, 0.3) is 0 Å². The SMILES string of the molecule is Cc1cccc(C(=O)Cn2nc(C)ccc2=O)c1. The van der Waals surface area contributed by atoms with Crippen LogP contribution in [0.3, 0.4) is 0 Å². The summed E-state index contributed by atoms with van der Waals surface area (Å²) in [5, 5.41) is 4.04. The van der Waals surface area contributed by atoms with Gasteiger partial charge in [-0.2, -0.15) is 5.10 Å². The average Bonchev–Trinajstić information content (AvgIpc) is 2.34. The van der Waals surface area contributed by atoms with Crippen LogP contribution in [0.15, 0.2) is 41.2 Å². The molecule has 0 fully saturated rings. The number of nitrogens with zero attached hydrogens (tertiary/aromatic N) is 2. The van der Waals surface area contributed by atoms with Crippen LogP contribution in [0.1, 0.15) is 21.6 Å². The fourth-order valence-electron chi connectivity index (χ4n) is 1.71. The lowest BCUT2D eigenvalue weighted by molar-refractivity contribution is 0.0965. The maximum absolute atomic E-state index is 12.0. The number of aromatic nitrogens is 2. The molecule has 1 aromatic carbocycles. The van der Waals surface area contributed by atoms with Gasteiger partial charge in [0.15, 0.2) is 5.78 Å². The van der Waals surface area contributed by atoms with Crippen LogP contribution in [0, 0.1) is 13.8 Å². The maximum atomic E-state index is 12.0. The van der Waals surface area contributed by atoms with E-state index >= 15 is 0 Å². The number of ketones is 1. The molecular weight excluding hydrogens is 228 g/mol. The lowest BCUT2D eigenvalue weighted by Crippen LogP contribution is -2.26. The lowest BCUT2D eigenvalue weighted by atomic mass is 10.1. The van der Waals surface area contributed by atoms with Crippen LogP contribution in [-0.2, 0) is 6.54 Å². The predicted octanol–water partition coefficient (Wildman–Crippen LogP) is 1.74. The van der Waals surface area contributed by atoms with Crippen LogP contribution >= 0.6 is 0 Å². The number of benzene rings is 1. The van der Waals surface area contributed by atoms with E-state index in [4.69, 9.17) is 0 Å². The first-order chi connectivity index (χ1) is 8.56. The van der Waals surface area contributed by atoms with Gasteiger partial charge in [-0.25, -0.2) is 4.68 Å². The number of hydrogen-bond acceptors (Lipinski definition) is 3. The van der Waals surface area contributed by atoms with E-state index < -0.39 is 0 Å². The smallest absolute Gasteiger partial charge is 0.267 e.